The van der Waals surface area contributed by atoms with Crippen molar-refractivity contribution in [1.29, 1.82) is 0 Å². The van der Waals surface area contributed by atoms with Gasteiger partial charge in [-0.05, 0) is 25.1 Å². The highest BCUT2D eigenvalue weighted by atomic mass is 32.2. The zero-order chi connectivity index (χ0) is 21.9. The van der Waals surface area contributed by atoms with E-state index in [4.69, 9.17) is 9.84 Å². The van der Waals surface area contributed by atoms with Gasteiger partial charge in [0.1, 0.15) is 17.4 Å². The van der Waals surface area contributed by atoms with Crippen molar-refractivity contribution in [3.05, 3.63) is 48.2 Å². The first-order valence-electron chi connectivity index (χ1n) is 9.36. The Morgan fingerprint density at radius 2 is 1.80 bits per heavy atom. The Hall–Kier alpha value is -3.08. The summed E-state index contributed by atoms with van der Waals surface area (Å²) < 4.78 is 33.6. The lowest BCUT2D eigenvalue weighted by Crippen LogP contribution is -2.25. The molecule has 0 spiro atoms. The van der Waals surface area contributed by atoms with Gasteiger partial charge in [0.2, 0.25) is 10.0 Å². The minimum atomic E-state index is -3.97. The Kier molecular flexibility index (Phi) is 6.30. The van der Waals surface area contributed by atoms with Crippen LogP contribution in [0.4, 0.5) is 0 Å². The topological polar surface area (TPSA) is 119 Å². The summed E-state index contributed by atoms with van der Waals surface area (Å²) in [7, 11) is -2.59. The quantitative estimate of drug-likeness (QED) is 0.468. The van der Waals surface area contributed by atoms with E-state index in [1.54, 1.807) is 10.6 Å². The van der Waals surface area contributed by atoms with E-state index in [1.807, 2.05) is 49.8 Å². The number of benzene rings is 2. The highest BCUT2D eigenvalue weighted by Crippen LogP contribution is 2.30. The minimum Gasteiger partial charge on any atom is -0.495 e. The average molecular weight is 430 g/mol. The van der Waals surface area contributed by atoms with Crippen LogP contribution >= 0.6 is 0 Å². The third kappa shape index (κ3) is 3.72. The molecule has 0 aliphatic carbocycles. The van der Waals surface area contributed by atoms with Crippen LogP contribution in [0.15, 0.2) is 47.4 Å². The van der Waals surface area contributed by atoms with Crippen molar-refractivity contribution in [3.8, 4) is 17.1 Å². The van der Waals surface area contributed by atoms with Crippen LogP contribution in [0, 0.1) is 6.92 Å². The number of aliphatic hydroxyl groups excluding tert-OH is 1. The molecule has 0 amide bonds. The number of hydrogen-bond donors (Lipinski definition) is 2. The van der Waals surface area contributed by atoms with Crippen LogP contribution in [-0.2, 0) is 10.0 Å². The fourth-order valence-electron chi connectivity index (χ4n) is 3.11. The van der Waals surface area contributed by atoms with E-state index in [1.165, 1.54) is 19.2 Å². The Morgan fingerprint density at radius 3 is 2.47 bits per heavy atom. The maximum Gasteiger partial charge on any atom is 0.246 e. The molecule has 0 unspecified atom stereocenters. The van der Waals surface area contributed by atoms with E-state index in [0.29, 0.717) is 17.0 Å². The number of nitrogens with one attached hydrogen (secondary N) is 1. The van der Waals surface area contributed by atoms with Gasteiger partial charge in [-0.2, -0.15) is 14.3 Å². The largest absolute Gasteiger partial charge is 0.495 e. The molecule has 4 rings (SSSR count). The van der Waals surface area contributed by atoms with E-state index in [-0.39, 0.29) is 10.6 Å². The molecule has 0 saturated heterocycles. The molecule has 30 heavy (non-hydrogen) atoms. The molecule has 10 heteroatoms. The van der Waals surface area contributed by atoms with Gasteiger partial charge in [0.05, 0.1) is 12.8 Å². The van der Waals surface area contributed by atoms with E-state index in [0.717, 1.165) is 16.5 Å². The second kappa shape index (κ2) is 8.74. The van der Waals surface area contributed by atoms with Crippen molar-refractivity contribution in [3.63, 3.8) is 0 Å². The van der Waals surface area contributed by atoms with Gasteiger partial charge in [-0.3, -0.25) is 0 Å². The highest BCUT2D eigenvalue weighted by molar-refractivity contribution is 7.89. The van der Waals surface area contributed by atoms with Crippen molar-refractivity contribution in [2.24, 2.45) is 0 Å². The lowest BCUT2D eigenvalue weighted by molar-refractivity contribution is 0.288. The molecule has 0 radical (unpaired) electrons. The number of ether oxygens (including phenoxy) is 1. The fraction of sp³-hybridized carbons (Fsp3) is 0.250. The summed E-state index contributed by atoms with van der Waals surface area (Å²) in [6, 6.07) is 12.4. The van der Waals surface area contributed by atoms with Crippen LogP contribution in [0.25, 0.3) is 27.8 Å². The van der Waals surface area contributed by atoms with Gasteiger partial charge in [-0.1, -0.05) is 38.1 Å². The molecular weight excluding hydrogens is 406 g/mol. The number of aryl methyl sites for hydroxylation is 1. The molecule has 158 valence electrons. The van der Waals surface area contributed by atoms with E-state index in [9.17, 15) is 8.42 Å². The summed E-state index contributed by atoms with van der Waals surface area (Å²) in [5, 5.41) is 23.9. The third-order valence-corrected chi connectivity index (χ3v) is 5.82. The van der Waals surface area contributed by atoms with Crippen molar-refractivity contribution in [1.82, 2.24) is 24.5 Å². The average Bonchev–Trinajstić information content (AvgIpc) is 3.19. The molecule has 4 aromatic rings. The van der Waals surface area contributed by atoms with Gasteiger partial charge in [0.25, 0.3) is 0 Å². The monoisotopic (exact) mass is 429 g/mol. The van der Waals surface area contributed by atoms with Crippen LogP contribution in [-0.4, -0.2) is 47.2 Å². The van der Waals surface area contributed by atoms with Gasteiger partial charge in [-0.25, -0.2) is 8.42 Å². The zero-order valence-electron chi connectivity index (χ0n) is 17.1. The number of nitrogens with zero attached hydrogens (tertiary/aromatic N) is 4. The van der Waals surface area contributed by atoms with Gasteiger partial charge in [-0.15, -0.1) is 10.2 Å². The number of sulfonamides is 1. The number of hydrogen-bond acceptors (Lipinski definition) is 7. The molecular formula is C20H23N5O4S. The van der Waals surface area contributed by atoms with E-state index in [2.05, 4.69) is 15.3 Å². The van der Waals surface area contributed by atoms with Gasteiger partial charge < -0.3 is 9.84 Å². The standard InChI is InChI=1S/C18H17N5O4S.C2H6/c1-11-13-5-3-4-6-14(13)18-21-20-17(23(18)22-11)12-7-8-15(27-2)16(9-12)28(25,26)19-10-24;1-2/h3-9,19,24H,10H2,1-2H3;1-2H3. The van der Waals surface area contributed by atoms with Crippen molar-refractivity contribution >= 4 is 26.4 Å². The molecule has 0 saturated carbocycles. The predicted molar refractivity (Wildman–Crippen MR) is 114 cm³/mol. The fourth-order valence-corrected chi connectivity index (χ4v) is 4.13. The first-order valence-corrected chi connectivity index (χ1v) is 10.8. The molecule has 0 fully saturated rings. The number of aromatic nitrogens is 4. The van der Waals surface area contributed by atoms with Crippen molar-refractivity contribution in [2.75, 3.05) is 13.8 Å². The van der Waals surface area contributed by atoms with Crippen LogP contribution < -0.4 is 9.46 Å². The van der Waals surface area contributed by atoms with Crippen LogP contribution in [0.2, 0.25) is 0 Å². The maximum atomic E-state index is 12.4. The normalized spacial score (nSPS) is 11.4. The first-order chi connectivity index (χ1) is 14.5. The minimum absolute atomic E-state index is 0.115. The summed E-state index contributed by atoms with van der Waals surface area (Å²) in [5.74, 6) is 0.542. The van der Waals surface area contributed by atoms with Crippen LogP contribution in [0.1, 0.15) is 19.5 Å². The van der Waals surface area contributed by atoms with Crippen LogP contribution in [0.3, 0.4) is 0 Å². The molecule has 0 aliphatic rings. The second-order valence-corrected chi connectivity index (χ2v) is 7.80. The molecule has 0 bridgehead atoms. The Bertz CT molecular complexity index is 1300. The number of methoxy groups -OCH3 is 1. The van der Waals surface area contributed by atoms with Gasteiger partial charge in [0.15, 0.2) is 11.5 Å². The second-order valence-electron chi connectivity index (χ2n) is 6.06. The number of rotatable bonds is 5. The molecule has 9 nitrogen and oxygen atoms in total. The van der Waals surface area contributed by atoms with E-state index >= 15 is 0 Å². The Morgan fingerprint density at radius 1 is 1.10 bits per heavy atom. The van der Waals surface area contributed by atoms with Crippen molar-refractivity contribution < 1.29 is 18.3 Å². The maximum absolute atomic E-state index is 12.4. The summed E-state index contributed by atoms with van der Waals surface area (Å²) in [6.45, 7) is 5.16. The molecule has 0 atom stereocenters. The SMILES string of the molecule is CC.COc1ccc(-c2nnc3c4ccccc4c(C)nn23)cc1S(=O)(=O)NCO. The third-order valence-electron chi connectivity index (χ3n) is 4.41. The van der Waals surface area contributed by atoms with Gasteiger partial charge >= 0.3 is 0 Å². The lowest BCUT2D eigenvalue weighted by Gasteiger charge is -2.11. The summed E-state index contributed by atoms with van der Waals surface area (Å²) >= 11 is 0. The van der Waals surface area contributed by atoms with Gasteiger partial charge in [0, 0.05) is 16.3 Å². The Balaban J connectivity index is 0.00000124. The van der Waals surface area contributed by atoms with Crippen molar-refractivity contribution in [2.45, 2.75) is 25.7 Å². The zero-order valence-corrected chi connectivity index (χ0v) is 17.9. The molecule has 0 aliphatic heterocycles. The smallest absolute Gasteiger partial charge is 0.246 e. The first kappa shape index (κ1) is 21.6. The summed E-state index contributed by atoms with van der Waals surface area (Å²) in [5.41, 5.74) is 1.87. The predicted octanol–water partition coefficient (Wildman–Crippen LogP) is 2.52. The summed E-state index contributed by atoms with van der Waals surface area (Å²) in [4.78, 5) is -0.115. The molecule has 2 aromatic heterocycles. The molecule has 2 aromatic carbocycles. The molecule has 2 N–H and O–H groups in total. The van der Waals surface area contributed by atoms with Crippen LogP contribution in [0.5, 0.6) is 5.75 Å². The lowest BCUT2D eigenvalue weighted by atomic mass is 10.1. The highest BCUT2D eigenvalue weighted by Gasteiger charge is 2.22. The molecule has 2 heterocycles. The Labute approximate surface area is 174 Å². The number of aliphatic hydroxyl groups is 1. The van der Waals surface area contributed by atoms with E-state index < -0.39 is 16.8 Å². The summed E-state index contributed by atoms with van der Waals surface area (Å²) in [6.07, 6.45) is 0. The number of fused-ring (bicyclic) bond motifs is 3.